The number of carbonyl (C=O) groups is 2. The average molecular weight is 287 g/mol. The van der Waals surface area contributed by atoms with Crippen LogP contribution in [0.1, 0.15) is 44.2 Å². The largest absolute Gasteiger partial charge is 0.480 e. The van der Waals surface area contributed by atoms with Gasteiger partial charge in [0.05, 0.1) is 5.02 Å². The third-order valence-corrected chi connectivity index (χ3v) is 3.46. The van der Waals surface area contributed by atoms with Gasteiger partial charge in [-0.1, -0.05) is 11.6 Å². The van der Waals surface area contributed by atoms with Crippen LogP contribution >= 0.6 is 11.6 Å². The number of rotatable bonds is 4. The van der Waals surface area contributed by atoms with Crippen LogP contribution in [0.5, 0.6) is 0 Å². The summed E-state index contributed by atoms with van der Waals surface area (Å²) in [4.78, 5) is 24.8. The molecule has 1 amide bonds. The molecule has 0 bridgehead atoms. The van der Waals surface area contributed by atoms with Crippen molar-refractivity contribution in [1.82, 2.24) is 9.47 Å². The molecule has 5 nitrogen and oxygen atoms in total. The highest BCUT2D eigenvalue weighted by Gasteiger charge is 2.36. The van der Waals surface area contributed by atoms with E-state index in [2.05, 4.69) is 0 Å². The maximum absolute atomic E-state index is 12.4. The fourth-order valence-corrected chi connectivity index (χ4v) is 1.82. The number of halogens is 1. The molecule has 0 aliphatic heterocycles. The van der Waals surface area contributed by atoms with Crippen LogP contribution < -0.4 is 0 Å². The van der Waals surface area contributed by atoms with E-state index < -0.39 is 11.5 Å². The van der Waals surface area contributed by atoms with E-state index in [4.69, 9.17) is 16.7 Å². The summed E-state index contributed by atoms with van der Waals surface area (Å²) in [6.07, 6.45) is 1.67. The molecule has 106 valence electrons. The number of likely N-dealkylation sites (N-methyl/N-ethyl adjacent to an activating group) is 1. The van der Waals surface area contributed by atoms with Crippen LogP contribution in [0.25, 0.3) is 0 Å². The van der Waals surface area contributed by atoms with Gasteiger partial charge in [0.1, 0.15) is 11.2 Å². The Balaban J connectivity index is 3.17. The van der Waals surface area contributed by atoms with Crippen molar-refractivity contribution in [1.29, 1.82) is 0 Å². The number of aromatic nitrogens is 1. The van der Waals surface area contributed by atoms with Crippen molar-refractivity contribution < 1.29 is 14.7 Å². The molecular formula is C13H19ClN2O3. The molecule has 0 unspecified atom stereocenters. The highest BCUT2D eigenvalue weighted by molar-refractivity contribution is 6.31. The summed E-state index contributed by atoms with van der Waals surface area (Å²) in [5.74, 6) is -1.43. The minimum Gasteiger partial charge on any atom is -0.480 e. The van der Waals surface area contributed by atoms with Gasteiger partial charge in [-0.15, -0.1) is 0 Å². The van der Waals surface area contributed by atoms with E-state index in [9.17, 15) is 9.59 Å². The molecule has 1 heterocycles. The maximum Gasteiger partial charge on any atom is 0.329 e. The van der Waals surface area contributed by atoms with E-state index in [0.29, 0.717) is 10.7 Å². The molecule has 1 rings (SSSR count). The zero-order valence-corrected chi connectivity index (χ0v) is 12.5. The third kappa shape index (κ3) is 2.92. The predicted molar refractivity (Wildman–Crippen MR) is 73.6 cm³/mol. The van der Waals surface area contributed by atoms with Gasteiger partial charge in [-0.3, -0.25) is 4.79 Å². The molecule has 0 aliphatic rings. The first-order chi connectivity index (χ1) is 8.59. The summed E-state index contributed by atoms with van der Waals surface area (Å²) in [6, 6.07) is 1.62. The number of hydrogen-bond donors (Lipinski definition) is 1. The van der Waals surface area contributed by atoms with Crippen LogP contribution in [-0.2, 0) is 4.79 Å². The van der Waals surface area contributed by atoms with Crippen LogP contribution in [-0.4, -0.2) is 39.0 Å². The predicted octanol–water partition coefficient (Wildman–Crippen LogP) is 2.66. The number of hydrogen-bond acceptors (Lipinski definition) is 2. The Labute approximate surface area is 117 Å². The number of aliphatic carboxylic acids is 1. The van der Waals surface area contributed by atoms with Gasteiger partial charge in [0.25, 0.3) is 5.91 Å². The fourth-order valence-electron chi connectivity index (χ4n) is 1.61. The van der Waals surface area contributed by atoms with Crippen molar-refractivity contribution in [3.05, 3.63) is 23.0 Å². The molecule has 0 radical (unpaired) electrons. The summed E-state index contributed by atoms with van der Waals surface area (Å²) in [7, 11) is 1.47. The molecule has 0 spiro atoms. The summed E-state index contributed by atoms with van der Waals surface area (Å²) in [5.41, 5.74) is -0.896. The van der Waals surface area contributed by atoms with Gasteiger partial charge in [-0.25, -0.2) is 4.79 Å². The van der Waals surface area contributed by atoms with E-state index in [0.717, 1.165) is 0 Å². The smallest absolute Gasteiger partial charge is 0.329 e. The maximum atomic E-state index is 12.4. The van der Waals surface area contributed by atoms with E-state index in [1.165, 1.54) is 25.8 Å². The summed E-state index contributed by atoms with van der Waals surface area (Å²) < 4.78 is 1.74. The van der Waals surface area contributed by atoms with Gasteiger partial charge in [-0.05, 0) is 33.8 Å². The number of nitrogens with zero attached hydrogens (tertiary/aromatic N) is 2. The molecule has 0 fully saturated rings. The van der Waals surface area contributed by atoms with Crippen LogP contribution in [0.2, 0.25) is 5.02 Å². The number of amides is 1. The lowest BCUT2D eigenvalue weighted by Gasteiger charge is -2.32. The monoisotopic (exact) mass is 286 g/mol. The second-order valence-electron chi connectivity index (χ2n) is 5.27. The molecule has 6 heteroatoms. The summed E-state index contributed by atoms with van der Waals surface area (Å²) >= 11 is 5.93. The molecule has 0 atom stereocenters. The SMILES string of the molecule is CC(C)n1cc(Cl)cc1C(=O)N(C)C(C)(C)C(=O)O. The van der Waals surface area contributed by atoms with Gasteiger partial charge in [0.2, 0.25) is 0 Å². The number of carboxylic acid groups (broad SMARTS) is 1. The Morgan fingerprint density at radius 3 is 2.37 bits per heavy atom. The van der Waals surface area contributed by atoms with E-state index in [-0.39, 0.29) is 11.9 Å². The molecule has 1 aromatic rings. The highest BCUT2D eigenvalue weighted by atomic mass is 35.5. The lowest BCUT2D eigenvalue weighted by molar-refractivity contribution is -0.147. The van der Waals surface area contributed by atoms with Gasteiger partial charge in [0.15, 0.2) is 0 Å². The van der Waals surface area contributed by atoms with Crippen molar-refractivity contribution in [2.45, 2.75) is 39.3 Å². The Hall–Kier alpha value is -1.49. The number of carboxylic acids is 1. The van der Waals surface area contributed by atoms with Crippen LogP contribution in [0.3, 0.4) is 0 Å². The molecule has 19 heavy (non-hydrogen) atoms. The van der Waals surface area contributed by atoms with Gasteiger partial charge < -0.3 is 14.6 Å². The molecule has 0 aliphatic carbocycles. The third-order valence-electron chi connectivity index (χ3n) is 3.26. The van der Waals surface area contributed by atoms with Crippen molar-refractivity contribution in [2.75, 3.05) is 7.05 Å². The first-order valence-corrected chi connectivity index (χ1v) is 6.35. The van der Waals surface area contributed by atoms with Crippen molar-refractivity contribution in [3.8, 4) is 0 Å². The molecule has 1 aromatic heterocycles. The zero-order chi connectivity index (χ0) is 15.0. The van der Waals surface area contributed by atoms with Gasteiger partial charge >= 0.3 is 5.97 Å². The van der Waals surface area contributed by atoms with Gasteiger partial charge in [-0.2, -0.15) is 0 Å². The lowest BCUT2D eigenvalue weighted by Crippen LogP contribution is -2.51. The highest BCUT2D eigenvalue weighted by Crippen LogP contribution is 2.23. The van der Waals surface area contributed by atoms with Crippen molar-refractivity contribution >= 4 is 23.5 Å². The topological polar surface area (TPSA) is 62.5 Å². The Bertz CT molecular complexity index is 506. The summed E-state index contributed by atoms with van der Waals surface area (Å²) in [5, 5.41) is 9.62. The standard InChI is InChI=1S/C13H19ClN2O3/c1-8(2)16-7-9(14)6-10(16)11(17)15(5)13(3,4)12(18)19/h6-8H,1-5H3,(H,18,19). The normalized spacial score (nSPS) is 11.7. The fraction of sp³-hybridized carbons (Fsp3) is 0.538. The van der Waals surface area contributed by atoms with E-state index >= 15 is 0 Å². The molecule has 0 aromatic carbocycles. The minimum atomic E-state index is -1.28. The molecular weight excluding hydrogens is 268 g/mol. The summed E-state index contributed by atoms with van der Waals surface area (Å²) in [6.45, 7) is 6.82. The molecule has 0 saturated heterocycles. The second kappa shape index (κ2) is 5.25. The quantitative estimate of drug-likeness (QED) is 0.925. The Morgan fingerprint density at radius 2 is 1.95 bits per heavy atom. The first kappa shape index (κ1) is 15.6. The first-order valence-electron chi connectivity index (χ1n) is 5.98. The Kier molecular flexibility index (Phi) is 4.30. The van der Waals surface area contributed by atoms with Gasteiger partial charge in [0, 0.05) is 19.3 Å². The molecule has 0 saturated carbocycles. The van der Waals surface area contributed by atoms with E-state index in [1.807, 2.05) is 13.8 Å². The lowest BCUT2D eigenvalue weighted by atomic mass is 10.0. The number of carbonyl (C=O) groups excluding carboxylic acids is 1. The van der Waals surface area contributed by atoms with Crippen LogP contribution in [0, 0.1) is 0 Å². The van der Waals surface area contributed by atoms with Crippen molar-refractivity contribution in [3.63, 3.8) is 0 Å². The Morgan fingerprint density at radius 1 is 1.42 bits per heavy atom. The average Bonchev–Trinajstić information content (AvgIpc) is 2.69. The van der Waals surface area contributed by atoms with Crippen molar-refractivity contribution in [2.24, 2.45) is 0 Å². The second-order valence-corrected chi connectivity index (χ2v) is 5.71. The van der Waals surface area contributed by atoms with E-state index in [1.54, 1.807) is 16.8 Å². The minimum absolute atomic E-state index is 0.0628. The van der Waals surface area contributed by atoms with Crippen LogP contribution in [0.4, 0.5) is 0 Å². The molecule has 1 N–H and O–H groups in total. The van der Waals surface area contributed by atoms with Crippen LogP contribution in [0.15, 0.2) is 12.3 Å². The zero-order valence-electron chi connectivity index (χ0n) is 11.8.